The van der Waals surface area contributed by atoms with E-state index >= 15 is 0 Å². The number of benzene rings is 2. The Morgan fingerprint density at radius 3 is 2.82 bits per heavy atom. The molecule has 2 aliphatic rings. The largest absolute Gasteiger partial charge is 0.325 e. The smallest absolute Gasteiger partial charge is 0.106 e. The summed E-state index contributed by atoms with van der Waals surface area (Å²) in [5.41, 5.74) is 6.79. The van der Waals surface area contributed by atoms with Gasteiger partial charge in [0.05, 0.1) is 11.0 Å². The Labute approximate surface area is 175 Å². The molecule has 2 aliphatic carbocycles. The van der Waals surface area contributed by atoms with Gasteiger partial charge in [-0.2, -0.15) is 0 Å². The van der Waals surface area contributed by atoms with Gasteiger partial charge >= 0.3 is 0 Å². The molecule has 0 aliphatic heterocycles. The molecule has 1 aromatic heterocycles. The third kappa shape index (κ3) is 3.42. The maximum Gasteiger partial charge on any atom is 0.106 e. The molecular weight excluding hydrogens is 410 g/mol. The number of halogens is 1. The second kappa shape index (κ2) is 7.31. The maximum absolute atomic E-state index is 4.82. The Balaban J connectivity index is 1.22. The van der Waals surface area contributed by atoms with Crippen LogP contribution in [-0.2, 0) is 12.8 Å². The Bertz CT molecular complexity index is 1020. The molecule has 146 valence electrons. The first kappa shape index (κ1) is 18.4. The van der Waals surface area contributed by atoms with Gasteiger partial charge in [-0.25, -0.2) is 4.98 Å². The van der Waals surface area contributed by atoms with Crippen LogP contribution in [0, 0.1) is 19.8 Å². The van der Waals surface area contributed by atoms with Crippen molar-refractivity contribution < 1.29 is 0 Å². The number of nitrogens with one attached hydrogen (secondary N) is 1. The molecule has 1 saturated carbocycles. The number of nitrogens with zero attached hydrogens (tertiary/aromatic N) is 2. The van der Waals surface area contributed by atoms with E-state index in [1.165, 1.54) is 58.8 Å². The minimum Gasteiger partial charge on any atom is -0.325 e. The van der Waals surface area contributed by atoms with Gasteiger partial charge in [0.25, 0.3) is 0 Å². The van der Waals surface area contributed by atoms with Gasteiger partial charge in [0.2, 0.25) is 0 Å². The SMILES string of the molecule is Cc1ccc2c(c1)nc(C)n2[C@H]1CC[C@H](NCC2Cc3ccc(Br)cc3C2)C1. The van der Waals surface area contributed by atoms with Gasteiger partial charge in [-0.15, -0.1) is 0 Å². The molecule has 0 bridgehead atoms. The zero-order valence-corrected chi connectivity index (χ0v) is 18.3. The molecular formula is C24H28BrN3. The van der Waals surface area contributed by atoms with Gasteiger partial charge < -0.3 is 9.88 Å². The lowest BCUT2D eigenvalue weighted by atomic mass is 10.1. The normalized spacial score (nSPS) is 24.2. The molecule has 1 fully saturated rings. The van der Waals surface area contributed by atoms with Gasteiger partial charge in [0, 0.05) is 16.6 Å². The Hall–Kier alpha value is -1.65. The first-order valence-corrected chi connectivity index (χ1v) is 11.3. The van der Waals surface area contributed by atoms with Gasteiger partial charge in [0.15, 0.2) is 0 Å². The first-order chi connectivity index (χ1) is 13.6. The lowest BCUT2D eigenvalue weighted by Gasteiger charge is -2.18. The van der Waals surface area contributed by atoms with Crippen molar-refractivity contribution in [3.63, 3.8) is 0 Å². The van der Waals surface area contributed by atoms with Gasteiger partial charge in [-0.1, -0.05) is 28.1 Å². The standard InChI is InChI=1S/C24H28BrN3/c1-15-3-8-24-23(9-15)27-16(2)28(24)22-7-6-21(13-22)26-14-17-10-18-4-5-20(25)12-19(18)11-17/h3-5,8-9,12,17,21-22,26H,6-7,10-11,13-14H2,1-2H3/t17?,21-,22-/m0/s1. The number of imidazole rings is 1. The summed E-state index contributed by atoms with van der Waals surface area (Å²) >= 11 is 3.61. The van der Waals surface area contributed by atoms with Crippen LogP contribution in [0.25, 0.3) is 11.0 Å². The zero-order valence-electron chi connectivity index (χ0n) is 16.7. The molecule has 1 unspecified atom stereocenters. The number of rotatable bonds is 4. The van der Waals surface area contributed by atoms with Crippen LogP contribution < -0.4 is 5.32 Å². The van der Waals surface area contributed by atoms with Gasteiger partial charge in [-0.3, -0.25) is 0 Å². The lowest BCUT2D eigenvalue weighted by Crippen LogP contribution is -2.32. The van der Waals surface area contributed by atoms with Crippen LogP contribution >= 0.6 is 15.9 Å². The molecule has 28 heavy (non-hydrogen) atoms. The monoisotopic (exact) mass is 437 g/mol. The summed E-state index contributed by atoms with van der Waals surface area (Å²) in [5, 5.41) is 3.90. The summed E-state index contributed by atoms with van der Waals surface area (Å²) in [6.07, 6.45) is 6.15. The number of aryl methyl sites for hydroxylation is 2. The molecule has 3 nitrogen and oxygen atoms in total. The maximum atomic E-state index is 4.82. The Kier molecular flexibility index (Phi) is 4.80. The van der Waals surface area contributed by atoms with E-state index in [0.29, 0.717) is 12.1 Å². The number of hydrogen-bond acceptors (Lipinski definition) is 2. The van der Waals surface area contributed by atoms with Crippen LogP contribution in [0.4, 0.5) is 0 Å². The van der Waals surface area contributed by atoms with Crippen LogP contribution in [0.1, 0.15) is 47.8 Å². The summed E-state index contributed by atoms with van der Waals surface area (Å²) in [6.45, 7) is 5.43. The molecule has 0 spiro atoms. The number of aromatic nitrogens is 2. The quantitative estimate of drug-likeness (QED) is 0.582. The molecule has 4 heteroatoms. The van der Waals surface area contributed by atoms with E-state index < -0.39 is 0 Å². The fourth-order valence-electron chi connectivity index (χ4n) is 5.32. The van der Waals surface area contributed by atoms with Crippen LogP contribution in [0.3, 0.4) is 0 Å². The van der Waals surface area contributed by atoms with E-state index in [2.05, 4.69) is 76.1 Å². The average Bonchev–Trinajstić information content (AvgIpc) is 3.35. The molecule has 2 aromatic carbocycles. The van der Waals surface area contributed by atoms with Crippen molar-refractivity contribution in [1.82, 2.24) is 14.9 Å². The van der Waals surface area contributed by atoms with Gasteiger partial charge in [-0.05, 0) is 99.4 Å². The van der Waals surface area contributed by atoms with E-state index in [1.54, 1.807) is 0 Å². The fourth-order valence-corrected chi connectivity index (χ4v) is 5.73. The van der Waals surface area contributed by atoms with E-state index in [-0.39, 0.29) is 0 Å². The summed E-state index contributed by atoms with van der Waals surface area (Å²) in [5.74, 6) is 1.89. The van der Waals surface area contributed by atoms with Crippen LogP contribution in [0.5, 0.6) is 0 Å². The summed E-state index contributed by atoms with van der Waals surface area (Å²) in [6, 6.07) is 14.6. The number of fused-ring (bicyclic) bond motifs is 2. The van der Waals surface area contributed by atoms with Crippen molar-refractivity contribution in [3.05, 3.63) is 63.4 Å². The lowest BCUT2D eigenvalue weighted by molar-refractivity contribution is 0.425. The van der Waals surface area contributed by atoms with Crippen molar-refractivity contribution in [1.29, 1.82) is 0 Å². The Morgan fingerprint density at radius 1 is 1.07 bits per heavy atom. The highest BCUT2D eigenvalue weighted by molar-refractivity contribution is 9.10. The molecule has 3 atom stereocenters. The second-order valence-corrected chi connectivity index (χ2v) is 9.70. The highest BCUT2D eigenvalue weighted by Gasteiger charge is 2.29. The topological polar surface area (TPSA) is 29.9 Å². The third-order valence-corrected chi connectivity index (χ3v) is 7.17. The van der Waals surface area contributed by atoms with Crippen molar-refractivity contribution in [3.8, 4) is 0 Å². The summed E-state index contributed by atoms with van der Waals surface area (Å²) in [4.78, 5) is 4.82. The predicted octanol–water partition coefficient (Wildman–Crippen LogP) is 5.51. The molecule has 0 saturated heterocycles. The molecule has 5 rings (SSSR count). The zero-order chi connectivity index (χ0) is 19.3. The third-order valence-electron chi connectivity index (χ3n) is 6.67. The van der Waals surface area contributed by atoms with Crippen LogP contribution in [0.2, 0.25) is 0 Å². The minimum absolute atomic E-state index is 0.571. The predicted molar refractivity (Wildman–Crippen MR) is 119 cm³/mol. The molecule has 3 aromatic rings. The fraction of sp³-hybridized carbons (Fsp3) is 0.458. The summed E-state index contributed by atoms with van der Waals surface area (Å²) in [7, 11) is 0. The second-order valence-electron chi connectivity index (χ2n) is 8.78. The van der Waals surface area contributed by atoms with Crippen LogP contribution in [0.15, 0.2) is 40.9 Å². The number of hydrogen-bond donors (Lipinski definition) is 1. The van der Waals surface area contributed by atoms with E-state index in [0.717, 1.165) is 23.8 Å². The van der Waals surface area contributed by atoms with E-state index in [4.69, 9.17) is 4.98 Å². The first-order valence-electron chi connectivity index (χ1n) is 10.5. The molecule has 1 N–H and O–H groups in total. The van der Waals surface area contributed by atoms with Crippen molar-refractivity contribution in [2.45, 2.75) is 58.0 Å². The van der Waals surface area contributed by atoms with Crippen molar-refractivity contribution >= 4 is 27.0 Å². The average molecular weight is 438 g/mol. The molecule has 0 radical (unpaired) electrons. The molecule has 0 amide bonds. The van der Waals surface area contributed by atoms with E-state index in [1.807, 2.05) is 0 Å². The molecule has 1 heterocycles. The van der Waals surface area contributed by atoms with Crippen molar-refractivity contribution in [2.24, 2.45) is 5.92 Å². The van der Waals surface area contributed by atoms with Crippen LogP contribution in [-0.4, -0.2) is 22.1 Å². The van der Waals surface area contributed by atoms with Crippen molar-refractivity contribution in [2.75, 3.05) is 6.54 Å². The summed E-state index contributed by atoms with van der Waals surface area (Å²) < 4.78 is 3.69. The van der Waals surface area contributed by atoms with E-state index in [9.17, 15) is 0 Å². The highest BCUT2D eigenvalue weighted by Crippen LogP contribution is 2.35. The van der Waals surface area contributed by atoms with Gasteiger partial charge in [0.1, 0.15) is 5.82 Å². The Morgan fingerprint density at radius 2 is 1.93 bits per heavy atom. The highest BCUT2D eigenvalue weighted by atomic mass is 79.9. The minimum atomic E-state index is 0.571.